The molecule has 0 bridgehead atoms. The lowest BCUT2D eigenvalue weighted by Gasteiger charge is -2.36. The van der Waals surface area contributed by atoms with Gasteiger partial charge in [-0.1, -0.05) is 24.4 Å². The highest BCUT2D eigenvalue weighted by molar-refractivity contribution is 6.53. The monoisotopic (exact) mass is 331 g/mol. The Labute approximate surface area is 133 Å². The van der Waals surface area contributed by atoms with E-state index >= 15 is 0 Å². The summed E-state index contributed by atoms with van der Waals surface area (Å²) >= 11 is 12.2. The molecule has 0 aromatic carbocycles. The number of halogens is 2. The maximum absolute atomic E-state index is 12.6. The zero-order valence-electron chi connectivity index (χ0n) is 12.2. The van der Waals surface area contributed by atoms with Crippen molar-refractivity contribution in [3.05, 3.63) is 11.7 Å². The number of rotatable bonds is 3. The van der Waals surface area contributed by atoms with Crippen LogP contribution in [-0.4, -0.2) is 20.4 Å². The summed E-state index contributed by atoms with van der Waals surface area (Å²) in [5.41, 5.74) is -1.29. The number of nitrogens with zero attached hydrogens (tertiary/aromatic N) is 2. The Balaban J connectivity index is 1.85. The van der Waals surface area contributed by atoms with Gasteiger partial charge in [0.1, 0.15) is 9.87 Å². The third-order valence-corrected chi connectivity index (χ3v) is 5.88. The van der Waals surface area contributed by atoms with E-state index in [2.05, 4.69) is 15.5 Å². The Hall–Kier alpha value is -0.810. The second-order valence-corrected chi connectivity index (χ2v) is 7.93. The van der Waals surface area contributed by atoms with Crippen molar-refractivity contribution in [2.75, 3.05) is 0 Å². The number of amides is 1. The van der Waals surface area contributed by atoms with Gasteiger partial charge in [0.15, 0.2) is 5.82 Å². The Morgan fingerprint density at radius 1 is 1.29 bits per heavy atom. The van der Waals surface area contributed by atoms with Gasteiger partial charge in [-0.05, 0) is 26.2 Å². The third kappa shape index (κ3) is 2.44. The molecule has 1 aromatic rings. The normalized spacial score (nSPS) is 29.9. The first-order valence-corrected chi connectivity index (χ1v) is 8.06. The molecule has 2 saturated carbocycles. The van der Waals surface area contributed by atoms with E-state index in [-0.39, 0.29) is 5.91 Å². The Bertz CT molecular complexity index is 566. The third-order valence-electron chi connectivity index (χ3n) is 4.77. The van der Waals surface area contributed by atoms with Crippen LogP contribution in [0.1, 0.15) is 57.2 Å². The fourth-order valence-electron chi connectivity index (χ4n) is 3.05. The van der Waals surface area contributed by atoms with Gasteiger partial charge in [0, 0.05) is 6.92 Å². The molecule has 1 N–H and O–H groups in total. The smallest absolute Gasteiger partial charge is 0.229 e. The number of alkyl halides is 2. The lowest BCUT2D eigenvalue weighted by atomic mass is 9.80. The van der Waals surface area contributed by atoms with Crippen LogP contribution in [0, 0.1) is 12.3 Å². The molecule has 0 saturated heterocycles. The molecule has 2 aliphatic rings. The van der Waals surface area contributed by atoms with Crippen molar-refractivity contribution in [2.45, 2.75) is 62.2 Å². The minimum absolute atomic E-state index is 0.128. The van der Waals surface area contributed by atoms with Gasteiger partial charge in [0.25, 0.3) is 0 Å². The zero-order chi connectivity index (χ0) is 15.3. The number of carbonyl (C=O) groups is 1. The van der Waals surface area contributed by atoms with Crippen LogP contribution in [0.25, 0.3) is 0 Å². The van der Waals surface area contributed by atoms with Crippen molar-refractivity contribution in [1.82, 2.24) is 15.5 Å². The summed E-state index contributed by atoms with van der Waals surface area (Å²) in [4.78, 5) is 17.0. The lowest BCUT2D eigenvalue weighted by molar-refractivity contribution is -0.128. The fraction of sp³-hybridized carbons (Fsp3) is 0.786. The van der Waals surface area contributed by atoms with Gasteiger partial charge in [0.05, 0.1) is 5.41 Å². The van der Waals surface area contributed by atoms with Gasteiger partial charge in [0.2, 0.25) is 11.8 Å². The van der Waals surface area contributed by atoms with Crippen LogP contribution >= 0.6 is 23.2 Å². The van der Waals surface area contributed by atoms with E-state index in [1.807, 2.05) is 0 Å². The summed E-state index contributed by atoms with van der Waals surface area (Å²) in [5.74, 6) is 0.940. The SMILES string of the molecule is Cc1nc(C2(NC(=O)[C@]3(C)CC3(Cl)Cl)CCCCC2)no1. The van der Waals surface area contributed by atoms with E-state index < -0.39 is 15.3 Å². The van der Waals surface area contributed by atoms with Crippen LogP contribution in [0.4, 0.5) is 0 Å². The predicted octanol–water partition coefficient (Wildman–Crippen LogP) is 3.24. The number of nitrogens with one attached hydrogen (secondary N) is 1. The summed E-state index contributed by atoms with van der Waals surface area (Å²) in [6.45, 7) is 3.54. The van der Waals surface area contributed by atoms with Gasteiger partial charge in [-0.15, -0.1) is 23.2 Å². The highest BCUT2D eigenvalue weighted by Crippen LogP contribution is 2.64. The molecule has 0 spiro atoms. The molecule has 1 aromatic heterocycles. The van der Waals surface area contributed by atoms with Gasteiger partial charge < -0.3 is 9.84 Å². The molecule has 0 radical (unpaired) electrons. The molecule has 2 fully saturated rings. The summed E-state index contributed by atoms with van der Waals surface area (Å²) in [6, 6.07) is 0. The average Bonchev–Trinajstić information content (AvgIpc) is 2.75. The number of aromatic nitrogens is 2. The zero-order valence-corrected chi connectivity index (χ0v) is 13.7. The predicted molar refractivity (Wildman–Crippen MR) is 79.1 cm³/mol. The van der Waals surface area contributed by atoms with Crippen molar-refractivity contribution in [1.29, 1.82) is 0 Å². The topological polar surface area (TPSA) is 68.0 Å². The van der Waals surface area contributed by atoms with Gasteiger partial charge >= 0.3 is 0 Å². The van der Waals surface area contributed by atoms with Crippen LogP contribution in [0.3, 0.4) is 0 Å². The van der Waals surface area contributed by atoms with Crippen molar-refractivity contribution >= 4 is 29.1 Å². The van der Waals surface area contributed by atoms with E-state index in [1.54, 1.807) is 13.8 Å². The molecule has 1 atom stereocenters. The van der Waals surface area contributed by atoms with E-state index in [1.165, 1.54) is 0 Å². The Morgan fingerprint density at radius 3 is 2.38 bits per heavy atom. The molecule has 21 heavy (non-hydrogen) atoms. The first-order chi connectivity index (χ1) is 9.79. The maximum atomic E-state index is 12.6. The van der Waals surface area contributed by atoms with Crippen LogP contribution < -0.4 is 5.32 Å². The molecular weight excluding hydrogens is 313 g/mol. The van der Waals surface area contributed by atoms with Crippen LogP contribution in [-0.2, 0) is 10.3 Å². The second kappa shape index (κ2) is 4.85. The number of hydrogen-bond acceptors (Lipinski definition) is 4. The van der Waals surface area contributed by atoms with E-state index in [4.69, 9.17) is 27.7 Å². The Morgan fingerprint density at radius 2 is 1.90 bits per heavy atom. The van der Waals surface area contributed by atoms with Gasteiger partial charge in [-0.2, -0.15) is 4.98 Å². The van der Waals surface area contributed by atoms with Crippen LogP contribution in [0.5, 0.6) is 0 Å². The largest absolute Gasteiger partial charge is 0.343 e. The summed E-state index contributed by atoms with van der Waals surface area (Å²) < 4.78 is 4.13. The van der Waals surface area contributed by atoms with Gasteiger partial charge in [-0.25, -0.2) is 0 Å². The lowest BCUT2D eigenvalue weighted by Crippen LogP contribution is -2.50. The fourth-order valence-corrected chi connectivity index (χ4v) is 3.76. The number of aryl methyl sites for hydroxylation is 1. The van der Waals surface area contributed by atoms with Gasteiger partial charge in [-0.3, -0.25) is 4.79 Å². The minimum atomic E-state index is -0.972. The quantitative estimate of drug-likeness (QED) is 0.863. The molecule has 3 rings (SSSR count). The molecule has 2 aliphatic carbocycles. The first kappa shape index (κ1) is 15.1. The van der Waals surface area contributed by atoms with E-state index in [0.29, 0.717) is 18.1 Å². The van der Waals surface area contributed by atoms with E-state index in [0.717, 1.165) is 32.1 Å². The number of carbonyl (C=O) groups excluding carboxylic acids is 1. The van der Waals surface area contributed by atoms with E-state index in [9.17, 15) is 4.79 Å². The minimum Gasteiger partial charge on any atom is -0.343 e. The van der Waals surface area contributed by atoms with Crippen molar-refractivity contribution in [3.63, 3.8) is 0 Å². The van der Waals surface area contributed by atoms with Crippen molar-refractivity contribution < 1.29 is 9.32 Å². The Kier molecular flexibility index (Phi) is 3.49. The van der Waals surface area contributed by atoms with Crippen LogP contribution in [0.15, 0.2) is 4.52 Å². The summed E-state index contributed by atoms with van der Waals surface area (Å²) in [6.07, 6.45) is 5.29. The summed E-state index contributed by atoms with van der Waals surface area (Å²) in [5, 5.41) is 7.16. The van der Waals surface area contributed by atoms with Crippen molar-refractivity contribution in [2.24, 2.45) is 5.41 Å². The highest BCUT2D eigenvalue weighted by Gasteiger charge is 2.68. The molecule has 1 amide bonds. The summed E-state index contributed by atoms with van der Waals surface area (Å²) in [7, 11) is 0. The average molecular weight is 332 g/mol. The number of hydrogen-bond donors (Lipinski definition) is 1. The highest BCUT2D eigenvalue weighted by atomic mass is 35.5. The standard InChI is InChI=1S/C14H19Cl2N3O2/c1-9-17-10(19-21-9)13(6-4-3-5-7-13)18-11(20)12(2)8-14(12,15)16/h3-8H2,1-2H3,(H,18,20)/t12-/m0/s1. The molecule has 116 valence electrons. The van der Waals surface area contributed by atoms with Crippen molar-refractivity contribution in [3.8, 4) is 0 Å². The molecular formula is C14H19Cl2N3O2. The maximum Gasteiger partial charge on any atom is 0.229 e. The molecule has 7 heteroatoms. The molecule has 1 heterocycles. The molecule has 0 unspecified atom stereocenters. The second-order valence-electron chi connectivity index (χ2n) is 6.45. The first-order valence-electron chi connectivity index (χ1n) is 7.30. The molecule has 0 aliphatic heterocycles. The van der Waals surface area contributed by atoms with Crippen LogP contribution in [0.2, 0.25) is 0 Å². The molecule has 5 nitrogen and oxygen atoms in total.